The van der Waals surface area contributed by atoms with Gasteiger partial charge in [-0.25, -0.2) is 4.98 Å². The fourth-order valence-electron chi connectivity index (χ4n) is 2.95. The van der Waals surface area contributed by atoms with Crippen LogP contribution in [0.5, 0.6) is 0 Å². The van der Waals surface area contributed by atoms with E-state index in [1.54, 1.807) is 25.1 Å². The van der Waals surface area contributed by atoms with Crippen molar-refractivity contribution in [2.24, 2.45) is 0 Å². The van der Waals surface area contributed by atoms with Gasteiger partial charge in [0.1, 0.15) is 5.82 Å². The summed E-state index contributed by atoms with van der Waals surface area (Å²) in [5.41, 5.74) is 3.89. The number of H-pyrrole nitrogens is 2. The summed E-state index contributed by atoms with van der Waals surface area (Å²) in [5, 5.41) is 10.6. The van der Waals surface area contributed by atoms with E-state index in [1.807, 2.05) is 31.2 Å². The third-order valence-corrected chi connectivity index (χ3v) is 4.20. The van der Waals surface area contributed by atoms with Gasteiger partial charge in [0.2, 0.25) is 0 Å². The van der Waals surface area contributed by atoms with Gasteiger partial charge in [-0.2, -0.15) is 5.10 Å². The molecule has 7 heteroatoms. The van der Waals surface area contributed by atoms with Crippen LogP contribution in [0, 0.1) is 13.8 Å². The molecule has 0 saturated carbocycles. The number of aromatic amines is 2. The molecule has 0 aliphatic rings. The van der Waals surface area contributed by atoms with Crippen LogP contribution in [0.1, 0.15) is 21.7 Å². The molecule has 0 radical (unpaired) electrons. The van der Waals surface area contributed by atoms with E-state index in [-0.39, 0.29) is 11.5 Å². The van der Waals surface area contributed by atoms with E-state index in [0.717, 1.165) is 16.5 Å². The molecule has 0 atom stereocenters. The van der Waals surface area contributed by atoms with Crippen LogP contribution in [0.2, 0.25) is 0 Å². The summed E-state index contributed by atoms with van der Waals surface area (Å²) < 4.78 is 0. The number of nitrogens with one attached hydrogen (secondary N) is 3. The number of fused-ring (bicyclic) bond motifs is 1. The second-order valence-corrected chi connectivity index (χ2v) is 6.39. The number of anilines is 1. The highest BCUT2D eigenvalue weighted by molar-refractivity contribution is 6.11. The molecule has 27 heavy (non-hydrogen) atoms. The van der Waals surface area contributed by atoms with Crippen LogP contribution < -0.4 is 10.9 Å². The summed E-state index contributed by atoms with van der Waals surface area (Å²) in [6, 6.07) is 14.4. The van der Waals surface area contributed by atoms with Gasteiger partial charge in [-0.05, 0) is 38.1 Å². The Morgan fingerprint density at radius 1 is 1.07 bits per heavy atom. The molecule has 4 rings (SSSR count). The predicted octanol–water partition coefficient (Wildman–Crippen LogP) is 3.18. The third kappa shape index (κ3) is 3.35. The predicted molar refractivity (Wildman–Crippen MR) is 104 cm³/mol. The van der Waals surface area contributed by atoms with Gasteiger partial charge in [0.05, 0.1) is 5.52 Å². The molecule has 1 amide bonds. The largest absolute Gasteiger partial charge is 0.321 e. The molecular weight excluding hydrogens is 342 g/mol. The summed E-state index contributed by atoms with van der Waals surface area (Å²) in [6.07, 6.45) is 0. The maximum absolute atomic E-state index is 12.7. The Morgan fingerprint density at radius 2 is 1.93 bits per heavy atom. The van der Waals surface area contributed by atoms with Gasteiger partial charge < -0.3 is 10.3 Å². The zero-order chi connectivity index (χ0) is 19.0. The average molecular weight is 359 g/mol. The van der Waals surface area contributed by atoms with Crippen LogP contribution in [0.3, 0.4) is 0 Å². The number of hydrogen-bond donors (Lipinski definition) is 3. The van der Waals surface area contributed by atoms with Gasteiger partial charge in [0.25, 0.3) is 11.5 Å². The summed E-state index contributed by atoms with van der Waals surface area (Å²) in [6.45, 7) is 3.72. The standard InChI is InChI=1S/C20H17N5O2/c1-11-6-7-16-15(8-11)18(25-24-16)20(27)22-14-5-3-4-13(10-14)19-21-12(2)9-17(26)23-19/h3-10H,1-2H3,(H,22,27)(H,24,25)(H,21,23,26). The fraction of sp³-hybridized carbons (Fsp3) is 0.100. The average Bonchev–Trinajstić information content (AvgIpc) is 3.04. The lowest BCUT2D eigenvalue weighted by Crippen LogP contribution is -2.13. The number of nitrogens with zero attached hydrogens (tertiary/aromatic N) is 2. The highest BCUT2D eigenvalue weighted by Crippen LogP contribution is 2.21. The second-order valence-electron chi connectivity index (χ2n) is 6.39. The molecule has 2 aromatic carbocycles. The van der Waals surface area contributed by atoms with Crippen LogP contribution in [0.15, 0.2) is 53.3 Å². The van der Waals surface area contributed by atoms with Crippen LogP contribution in [-0.2, 0) is 0 Å². The number of carbonyl (C=O) groups excluding carboxylic acids is 1. The number of amides is 1. The Hall–Kier alpha value is -3.74. The number of aryl methyl sites for hydroxylation is 2. The van der Waals surface area contributed by atoms with Crippen molar-refractivity contribution in [3.05, 3.63) is 75.8 Å². The zero-order valence-electron chi connectivity index (χ0n) is 14.8. The van der Waals surface area contributed by atoms with Crippen molar-refractivity contribution in [2.75, 3.05) is 5.32 Å². The number of carbonyl (C=O) groups is 1. The maximum Gasteiger partial charge on any atom is 0.276 e. The molecule has 0 unspecified atom stereocenters. The molecule has 0 saturated heterocycles. The first-order valence-corrected chi connectivity index (χ1v) is 8.44. The van der Waals surface area contributed by atoms with E-state index in [4.69, 9.17) is 0 Å². The Kier molecular flexibility index (Phi) is 4.04. The van der Waals surface area contributed by atoms with E-state index in [1.165, 1.54) is 6.07 Å². The van der Waals surface area contributed by atoms with Crippen LogP contribution in [-0.4, -0.2) is 26.1 Å². The molecule has 0 spiro atoms. The topological polar surface area (TPSA) is 104 Å². The van der Waals surface area contributed by atoms with E-state index in [0.29, 0.717) is 28.5 Å². The van der Waals surface area contributed by atoms with E-state index < -0.39 is 0 Å². The molecule has 2 heterocycles. The molecule has 4 aromatic rings. The first kappa shape index (κ1) is 16.7. The van der Waals surface area contributed by atoms with Gasteiger partial charge in [-0.15, -0.1) is 0 Å². The molecule has 0 aliphatic heterocycles. The molecule has 0 bridgehead atoms. The Labute approximate surface area is 154 Å². The number of hydrogen-bond acceptors (Lipinski definition) is 4. The molecule has 2 aromatic heterocycles. The maximum atomic E-state index is 12.7. The lowest BCUT2D eigenvalue weighted by Gasteiger charge is -2.07. The minimum Gasteiger partial charge on any atom is -0.321 e. The lowest BCUT2D eigenvalue weighted by molar-refractivity contribution is 0.102. The van der Waals surface area contributed by atoms with Crippen LogP contribution >= 0.6 is 0 Å². The van der Waals surface area contributed by atoms with Crippen molar-refractivity contribution < 1.29 is 4.79 Å². The number of benzene rings is 2. The van der Waals surface area contributed by atoms with E-state index in [9.17, 15) is 9.59 Å². The first-order valence-electron chi connectivity index (χ1n) is 8.44. The minimum atomic E-state index is -0.310. The Morgan fingerprint density at radius 3 is 2.74 bits per heavy atom. The summed E-state index contributed by atoms with van der Waals surface area (Å²) in [7, 11) is 0. The van der Waals surface area contributed by atoms with Crippen LogP contribution in [0.25, 0.3) is 22.3 Å². The minimum absolute atomic E-state index is 0.217. The second kappa shape index (κ2) is 6.53. The fourth-order valence-corrected chi connectivity index (χ4v) is 2.95. The summed E-state index contributed by atoms with van der Waals surface area (Å²) in [4.78, 5) is 31.4. The Balaban J connectivity index is 1.65. The highest BCUT2D eigenvalue weighted by Gasteiger charge is 2.15. The van der Waals surface area contributed by atoms with Gasteiger partial charge in [-0.3, -0.25) is 14.7 Å². The molecule has 0 aliphatic carbocycles. The van der Waals surface area contributed by atoms with Crippen molar-refractivity contribution in [2.45, 2.75) is 13.8 Å². The number of rotatable bonds is 3. The highest BCUT2D eigenvalue weighted by atomic mass is 16.2. The van der Waals surface area contributed by atoms with Crippen LogP contribution in [0.4, 0.5) is 5.69 Å². The van der Waals surface area contributed by atoms with Crippen molar-refractivity contribution >= 4 is 22.5 Å². The summed E-state index contributed by atoms with van der Waals surface area (Å²) >= 11 is 0. The van der Waals surface area contributed by atoms with Crippen molar-refractivity contribution in [1.29, 1.82) is 0 Å². The third-order valence-electron chi connectivity index (χ3n) is 4.20. The van der Waals surface area contributed by atoms with Crippen molar-refractivity contribution in [1.82, 2.24) is 20.2 Å². The zero-order valence-corrected chi connectivity index (χ0v) is 14.8. The quantitative estimate of drug-likeness (QED) is 0.522. The first-order chi connectivity index (χ1) is 13.0. The van der Waals surface area contributed by atoms with Gasteiger partial charge >= 0.3 is 0 Å². The van der Waals surface area contributed by atoms with Crippen molar-refractivity contribution in [3.8, 4) is 11.4 Å². The monoisotopic (exact) mass is 359 g/mol. The summed E-state index contributed by atoms with van der Waals surface area (Å²) in [5.74, 6) is 0.145. The smallest absolute Gasteiger partial charge is 0.276 e. The molecular formula is C20H17N5O2. The lowest BCUT2D eigenvalue weighted by atomic mass is 10.1. The van der Waals surface area contributed by atoms with E-state index in [2.05, 4.69) is 25.5 Å². The molecule has 134 valence electrons. The molecule has 7 nitrogen and oxygen atoms in total. The Bertz CT molecular complexity index is 1220. The van der Waals surface area contributed by atoms with Crippen molar-refractivity contribution in [3.63, 3.8) is 0 Å². The molecule has 3 N–H and O–H groups in total. The van der Waals surface area contributed by atoms with E-state index >= 15 is 0 Å². The van der Waals surface area contributed by atoms with Gasteiger partial charge in [0, 0.05) is 28.4 Å². The van der Waals surface area contributed by atoms with Gasteiger partial charge in [0.15, 0.2) is 5.69 Å². The molecule has 0 fully saturated rings. The normalized spacial score (nSPS) is 10.9. The SMILES string of the molecule is Cc1ccc2[nH]nc(C(=O)Nc3cccc(-c4nc(C)cc(=O)[nH]4)c3)c2c1. The van der Waals surface area contributed by atoms with Gasteiger partial charge in [-0.1, -0.05) is 23.8 Å². The number of aromatic nitrogens is 4.